The number of hydrogen-bond donors (Lipinski definition) is 1. The summed E-state index contributed by atoms with van der Waals surface area (Å²) in [6.07, 6.45) is 5.11. The van der Waals surface area contributed by atoms with E-state index in [2.05, 4.69) is 4.98 Å². The summed E-state index contributed by atoms with van der Waals surface area (Å²) in [6.45, 7) is 2.53. The number of nitrogens with two attached hydrogens (primary N) is 1. The van der Waals surface area contributed by atoms with Crippen LogP contribution in [0.15, 0.2) is 24.6 Å². The van der Waals surface area contributed by atoms with E-state index in [1.807, 2.05) is 13.0 Å². The van der Waals surface area contributed by atoms with Gasteiger partial charge in [0.05, 0.1) is 38.3 Å². The standard InChI is InChI=1S/C15H18N2O3/c1-4-20-6-5-10-9-17-12-8-14(19-3)13(18-2)7-11(12)15(10)16/h5-9H,4H2,1-3H3,(H2,16,17). The van der Waals surface area contributed by atoms with Gasteiger partial charge in [0.2, 0.25) is 0 Å². The summed E-state index contributed by atoms with van der Waals surface area (Å²) in [5.74, 6) is 1.25. The molecule has 5 heteroatoms. The van der Waals surface area contributed by atoms with Crippen molar-refractivity contribution < 1.29 is 14.2 Å². The molecule has 1 aromatic heterocycles. The van der Waals surface area contributed by atoms with E-state index in [0.29, 0.717) is 23.8 Å². The second-order valence-electron chi connectivity index (χ2n) is 4.11. The monoisotopic (exact) mass is 274 g/mol. The van der Waals surface area contributed by atoms with Crippen molar-refractivity contribution in [1.29, 1.82) is 0 Å². The highest BCUT2D eigenvalue weighted by molar-refractivity contribution is 5.96. The van der Waals surface area contributed by atoms with Crippen molar-refractivity contribution in [3.63, 3.8) is 0 Å². The molecule has 0 bridgehead atoms. The number of aromatic nitrogens is 1. The Hall–Kier alpha value is -2.43. The molecule has 2 aromatic rings. The molecule has 0 aliphatic carbocycles. The number of methoxy groups -OCH3 is 2. The Morgan fingerprint density at radius 3 is 2.55 bits per heavy atom. The highest BCUT2D eigenvalue weighted by atomic mass is 16.5. The third-order valence-corrected chi connectivity index (χ3v) is 2.96. The van der Waals surface area contributed by atoms with Crippen LogP contribution in [0.5, 0.6) is 11.5 Å². The zero-order chi connectivity index (χ0) is 14.5. The van der Waals surface area contributed by atoms with E-state index in [4.69, 9.17) is 19.9 Å². The van der Waals surface area contributed by atoms with Gasteiger partial charge in [-0.15, -0.1) is 0 Å². The molecule has 0 fully saturated rings. The number of nitrogen functional groups attached to an aromatic ring is 1. The maximum Gasteiger partial charge on any atom is 0.162 e. The van der Waals surface area contributed by atoms with Crippen LogP contribution in [-0.2, 0) is 4.74 Å². The van der Waals surface area contributed by atoms with Crippen LogP contribution in [0.1, 0.15) is 12.5 Å². The molecule has 0 atom stereocenters. The van der Waals surface area contributed by atoms with Gasteiger partial charge in [-0.1, -0.05) is 0 Å². The molecular weight excluding hydrogens is 256 g/mol. The predicted octanol–water partition coefficient (Wildman–Crippen LogP) is 2.84. The smallest absolute Gasteiger partial charge is 0.162 e. The van der Waals surface area contributed by atoms with E-state index in [9.17, 15) is 0 Å². The molecule has 0 aliphatic heterocycles. The van der Waals surface area contributed by atoms with Crippen LogP contribution in [0.3, 0.4) is 0 Å². The first-order chi connectivity index (χ1) is 9.71. The van der Waals surface area contributed by atoms with Gasteiger partial charge < -0.3 is 19.9 Å². The van der Waals surface area contributed by atoms with Crippen LogP contribution >= 0.6 is 0 Å². The lowest BCUT2D eigenvalue weighted by Gasteiger charge is -2.11. The highest BCUT2D eigenvalue weighted by Gasteiger charge is 2.10. The average molecular weight is 274 g/mol. The van der Waals surface area contributed by atoms with Crippen molar-refractivity contribution in [3.8, 4) is 11.5 Å². The Kier molecular flexibility index (Phi) is 4.30. The zero-order valence-corrected chi connectivity index (χ0v) is 11.8. The maximum atomic E-state index is 6.17. The molecule has 0 spiro atoms. The largest absolute Gasteiger partial charge is 0.501 e. The first-order valence-corrected chi connectivity index (χ1v) is 6.29. The second-order valence-corrected chi connectivity index (χ2v) is 4.11. The fourth-order valence-electron chi connectivity index (χ4n) is 1.91. The number of ether oxygens (including phenoxy) is 3. The van der Waals surface area contributed by atoms with Gasteiger partial charge in [0.1, 0.15) is 0 Å². The Balaban J connectivity index is 2.54. The number of nitrogens with zero attached hydrogens (tertiary/aromatic N) is 1. The number of pyridine rings is 1. The maximum absolute atomic E-state index is 6.17. The molecular formula is C15H18N2O3. The minimum absolute atomic E-state index is 0.614. The Labute approximate surface area is 118 Å². The van der Waals surface area contributed by atoms with E-state index in [1.54, 1.807) is 38.8 Å². The van der Waals surface area contributed by atoms with Crippen LogP contribution < -0.4 is 15.2 Å². The third-order valence-electron chi connectivity index (χ3n) is 2.96. The van der Waals surface area contributed by atoms with Crippen LogP contribution in [-0.4, -0.2) is 25.8 Å². The Morgan fingerprint density at radius 2 is 1.90 bits per heavy atom. The van der Waals surface area contributed by atoms with Crippen molar-refractivity contribution in [1.82, 2.24) is 4.98 Å². The van der Waals surface area contributed by atoms with E-state index in [0.717, 1.165) is 16.5 Å². The molecule has 106 valence electrons. The van der Waals surface area contributed by atoms with Crippen LogP contribution in [0.4, 0.5) is 5.69 Å². The molecule has 1 heterocycles. The number of anilines is 1. The summed E-state index contributed by atoms with van der Waals surface area (Å²) in [7, 11) is 3.18. The number of benzene rings is 1. The normalized spacial score (nSPS) is 10.9. The lowest BCUT2D eigenvalue weighted by molar-refractivity contribution is 0.272. The molecule has 5 nitrogen and oxygen atoms in total. The number of fused-ring (bicyclic) bond motifs is 1. The van der Waals surface area contributed by atoms with Crippen molar-refractivity contribution in [3.05, 3.63) is 30.2 Å². The van der Waals surface area contributed by atoms with E-state index < -0.39 is 0 Å². The van der Waals surface area contributed by atoms with Gasteiger partial charge in [-0.25, -0.2) is 0 Å². The Morgan fingerprint density at radius 1 is 1.20 bits per heavy atom. The molecule has 0 amide bonds. The molecule has 0 aliphatic rings. The van der Waals surface area contributed by atoms with Gasteiger partial charge >= 0.3 is 0 Å². The molecule has 0 saturated heterocycles. The second kappa shape index (κ2) is 6.14. The highest BCUT2D eigenvalue weighted by Crippen LogP contribution is 2.34. The first kappa shape index (κ1) is 14.0. The average Bonchev–Trinajstić information content (AvgIpc) is 2.48. The quantitative estimate of drug-likeness (QED) is 0.849. The fraction of sp³-hybridized carbons (Fsp3) is 0.267. The summed E-state index contributed by atoms with van der Waals surface area (Å²) in [6, 6.07) is 3.63. The van der Waals surface area contributed by atoms with Crippen molar-refractivity contribution >= 4 is 22.7 Å². The van der Waals surface area contributed by atoms with Crippen LogP contribution in [0.2, 0.25) is 0 Å². The SMILES string of the molecule is CCOC=Cc1cnc2cc(OC)c(OC)cc2c1N. The van der Waals surface area contributed by atoms with Crippen molar-refractivity contribution in [2.45, 2.75) is 6.92 Å². The molecule has 0 saturated carbocycles. The number of hydrogen-bond acceptors (Lipinski definition) is 5. The number of rotatable bonds is 5. The summed E-state index contributed by atoms with van der Waals surface area (Å²) in [5.41, 5.74) is 8.37. The topological polar surface area (TPSA) is 66.6 Å². The van der Waals surface area contributed by atoms with Crippen molar-refractivity contribution in [2.24, 2.45) is 0 Å². The summed E-state index contributed by atoms with van der Waals surface area (Å²) in [5, 5.41) is 0.821. The van der Waals surface area contributed by atoms with Gasteiger partial charge in [0.25, 0.3) is 0 Å². The van der Waals surface area contributed by atoms with Gasteiger partial charge in [0, 0.05) is 23.2 Å². The molecule has 2 N–H and O–H groups in total. The van der Waals surface area contributed by atoms with Gasteiger partial charge in [-0.05, 0) is 19.1 Å². The van der Waals surface area contributed by atoms with Gasteiger partial charge in [0.15, 0.2) is 11.5 Å². The fourth-order valence-corrected chi connectivity index (χ4v) is 1.91. The zero-order valence-electron chi connectivity index (χ0n) is 11.8. The summed E-state index contributed by atoms with van der Waals surface area (Å²) < 4.78 is 15.7. The van der Waals surface area contributed by atoms with Gasteiger partial charge in [-0.3, -0.25) is 4.98 Å². The van der Waals surface area contributed by atoms with Crippen molar-refractivity contribution in [2.75, 3.05) is 26.6 Å². The molecule has 20 heavy (non-hydrogen) atoms. The van der Waals surface area contributed by atoms with Gasteiger partial charge in [-0.2, -0.15) is 0 Å². The lowest BCUT2D eigenvalue weighted by Crippen LogP contribution is -1.96. The molecule has 1 aromatic carbocycles. The van der Waals surface area contributed by atoms with Crippen LogP contribution in [0, 0.1) is 0 Å². The molecule has 0 unspecified atom stereocenters. The van der Waals surface area contributed by atoms with E-state index in [-0.39, 0.29) is 0 Å². The lowest BCUT2D eigenvalue weighted by atomic mass is 10.1. The van der Waals surface area contributed by atoms with E-state index in [1.165, 1.54) is 0 Å². The summed E-state index contributed by atoms with van der Waals surface area (Å²) >= 11 is 0. The minimum Gasteiger partial charge on any atom is -0.501 e. The minimum atomic E-state index is 0.614. The molecule has 2 rings (SSSR count). The van der Waals surface area contributed by atoms with E-state index >= 15 is 0 Å². The molecule has 0 radical (unpaired) electrons. The first-order valence-electron chi connectivity index (χ1n) is 6.29. The Bertz CT molecular complexity index is 639. The third kappa shape index (κ3) is 2.61. The predicted molar refractivity (Wildman–Crippen MR) is 79.9 cm³/mol. The summed E-state index contributed by atoms with van der Waals surface area (Å²) in [4.78, 5) is 4.38. The van der Waals surface area contributed by atoms with Crippen LogP contribution in [0.25, 0.3) is 17.0 Å².